The maximum absolute atomic E-state index is 6.63. The molecule has 1 aromatic heterocycles. The first-order valence-corrected chi connectivity index (χ1v) is 7.90. The fourth-order valence-electron chi connectivity index (χ4n) is 5.50. The molecule has 0 spiro atoms. The molecule has 5 rings (SSSR count). The number of hydrogen-bond acceptors (Lipinski definition) is 2. The summed E-state index contributed by atoms with van der Waals surface area (Å²) in [6.45, 7) is 2.06. The minimum absolute atomic E-state index is 0.162. The Kier molecular flexibility index (Phi) is 2.70. The Balaban J connectivity index is 1.62. The van der Waals surface area contributed by atoms with Gasteiger partial charge in [-0.2, -0.15) is 0 Å². The van der Waals surface area contributed by atoms with Gasteiger partial charge in [0.2, 0.25) is 0 Å². The van der Waals surface area contributed by atoms with Crippen LogP contribution in [0.3, 0.4) is 0 Å². The molecule has 102 valence electrons. The molecule has 1 heterocycles. The van der Waals surface area contributed by atoms with E-state index >= 15 is 0 Å². The van der Waals surface area contributed by atoms with Crippen LogP contribution in [0.1, 0.15) is 49.5 Å². The molecule has 1 unspecified atom stereocenters. The minimum atomic E-state index is 0.162. The van der Waals surface area contributed by atoms with Crippen molar-refractivity contribution >= 4 is 0 Å². The summed E-state index contributed by atoms with van der Waals surface area (Å²) < 4.78 is 0. The summed E-state index contributed by atoms with van der Waals surface area (Å²) in [5.74, 6) is 4.51. The highest BCUT2D eigenvalue weighted by atomic mass is 14.8. The van der Waals surface area contributed by atoms with Crippen LogP contribution in [0, 0.1) is 36.5 Å². The van der Waals surface area contributed by atoms with Gasteiger partial charge in [0, 0.05) is 5.69 Å². The number of pyridine rings is 1. The van der Waals surface area contributed by atoms with Gasteiger partial charge in [-0.1, -0.05) is 6.07 Å². The van der Waals surface area contributed by atoms with Crippen LogP contribution in [-0.2, 0) is 0 Å². The van der Waals surface area contributed by atoms with Gasteiger partial charge in [-0.05, 0) is 80.8 Å². The van der Waals surface area contributed by atoms with E-state index in [1.165, 1.54) is 32.1 Å². The Morgan fingerprint density at radius 1 is 1.05 bits per heavy atom. The predicted octanol–water partition coefficient (Wildman–Crippen LogP) is 3.46. The van der Waals surface area contributed by atoms with E-state index < -0.39 is 0 Å². The summed E-state index contributed by atoms with van der Waals surface area (Å²) in [4.78, 5) is 4.68. The lowest BCUT2D eigenvalue weighted by Crippen LogP contribution is -2.48. The van der Waals surface area contributed by atoms with Crippen molar-refractivity contribution in [2.75, 3.05) is 0 Å². The van der Waals surface area contributed by atoms with E-state index in [4.69, 9.17) is 5.73 Å². The minimum Gasteiger partial charge on any atom is -0.322 e. The summed E-state index contributed by atoms with van der Waals surface area (Å²) in [6, 6.07) is 6.46. The lowest BCUT2D eigenvalue weighted by Gasteiger charge is -2.55. The van der Waals surface area contributed by atoms with Crippen LogP contribution in [0.15, 0.2) is 18.2 Å². The van der Waals surface area contributed by atoms with Crippen LogP contribution < -0.4 is 5.73 Å². The van der Waals surface area contributed by atoms with Crippen LogP contribution in [0.4, 0.5) is 0 Å². The predicted molar refractivity (Wildman–Crippen MR) is 76.4 cm³/mol. The summed E-state index contributed by atoms with van der Waals surface area (Å²) in [5, 5.41) is 0. The standard InChI is InChI=1S/C17H24N2/c1-10-3-2-4-15(19-10)17(18)16-13-6-11-5-12(8-13)9-14(16)7-11/h2-4,11-14,16-17H,5-9,18H2,1H3. The van der Waals surface area contributed by atoms with E-state index in [1.54, 1.807) is 0 Å². The van der Waals surface area contributed by atoms with Crippen molar-refractivity contribution in [3.8, 4) is 0 Å². The van der Waals surface area contributed by atoms with E-state index in [-0.39, 0.29) is 6.04 Å². The Bertz CT molecular complexity index is 454. The van der Waals surface area contributed by atoms with Crippen LogP contribution in [0.2, 0.25) is 0 Å². The van der Waals surface area contributed by atoms with E-state index in [1.807, 2.05) is 0 Å². The fourth-order valence-corrected chi connectivity index (χ4v) is 5.50. The van der Waals surface area contributed by atoms with Crippen molar-refractivity contribution in [1.82, 2.24) is 4.98 Å². The second kappa shape index (κ2) is 4.31. The molecular weight excluding hydrogens is 232 g/mol. The molecule has 4 bridgehead atoms. The maximum atomic E-state index is 6.63. The van der Waals surface area contributed by atoms with Gasteiger partial charge < -0.3 is 5.73 Å². The van der Waals surface area contributed by atoms with Crippen molar-refractivity contribution in [1.29, 1.82) is 0 Å². The Morgan fingerprint density at radius 3 is 2.26 bits per heavy atom. The van der Waals surface area contributed by atoms with E-state index in [9.17, 15) is 0 Å². The van der Waals surface area contributed by atoms with Crippen LogP contribution in [0.5, 0.6) is 0 Å². The van der Waals surface area contributed by atoms with Crippen molar-refractivity contribution in [3.05, 3.63) is 29.6 Å². The second-order valence-electron chi connectivity index (χ2n) is 7.24. The molecule has 4 saturated carbocycles. The van der Waals surface area contributed by atoms with E-state index in [0.29, 0.717) is 5.92 Å². The lowest BCUT2D eigenvalue weighted by atomic mass is 9.50. The zero-order chi connectivity index (χ0) is 13.0. The monoisotopic (exact) mass is 256 g/mol. The molecule has 2 N–H and O–H groups in total. The summed E-state index contributed by atoms with van der Waals surface area (Å²) >= 11 is 0. The molecule has 0 aliphatic heterocycles. The third-order valence-electron chi connectivity index (χ3n) is 5.97. The van der Waals surface area contributed by atoms with Gasteiger partial charge in [0.1, 0.15) is 0 Å². The molecule has 2 nitrogen and oxygen atoms in total. The topological polar surface area (TPSA) is 38.9 Å². The number of nitrogens with two attached hydrogens (primary N) is 1. The second-order valence-corrected chi connectivity index (χ2v) is 7.24. The third kappa shape index (κ3) is 1.92. The lowest BCUT2D eigenvalue weighted by molar-refractivity contribution is -0.0476. The molecule has 1 atom stereocenters. The molecule has 4 fully saturated rings. The van der Waals surface area contributed by atoms with Crippen molar-refractivity contribution < 1.29 is 0 Å². The largest absolute Gasteiger partial charge is 0.322 e. The first kappa shape index (κ1) is 11.9. The van der Waals surface area contributed by atoms with Gasteiger partial charge in [0.25, 0.3) is 0 Å². The quantitative estimate of drug-likeness (QED) is 0.880. The Hall–Kier alpha value is -0.890. The first-order valence-electron chi connectivity index (χ1n) is 7.90. The smallest absolute Gasteiger partial charge is 0.0577 e. The van der Waals surface area contributed by atoms with Crippen molar-refractivity contribution in [2.45, 2.75) is 45.1 Å². The molecule has 0 aromatic carbocycles. The van der Waals surface area contributed by atoms with E-state index in [0.717, 1.165) is 35.1 Å². The number of aryl methyl sites for hydroxylation is 1. The molecule has 19 heavy (non-hydrogen) atoms. The molecule has 0 amide bonds. The maximum Gasteiger partial charge on any atom is 0.0577 e. The Morgan fingerprint density at radius 2 is 1.68 bits per heavy atom. The summed E-state index contributed by atoms with van der Waals surface area (Å²) in [5.41, 5.74) is 8.84. The normalized spacial score (nSPS) is 41.5. The fraction of sp³-hybridized carbons (Fsp3) is 0.706. The van der Waals surface area contributed by atoms with Crippen molar-refractivity contribution in [3.63, 3.8) is 0 Å². The molecule has 0 radical (unpaired) electrons. The van der Waals surface area contributed by atoms with Gasteiger partial charge in [0.15, 0.2) is 0 Å². The first-order chi connectivity index (χ1) is 9.20. The average molecular weight is 256 g/mol. The highest BCUT2D eigenvalue weighted by Crippen LogP contribution is 2.58. The summed E-state index contributed by atoms with van der Waals surface area (Å²) in [6.07, 6.45) is 7.28. The Labute approximate surface area is 115 Å². The third-order valence-corrected chi connectivity index (χ3v) is 5.97. The van der Waals surface area contributed by atoms with E-state index in [2.05, 4.69) is 30.1 Å². The molecule has 4 aliphatic carbocycles. The highest BCUT2D eigenvalue weighted by Gasteiger charge is 2.50. The van der Waals surface area contributed by atoms with Crippen LogP contribution in [0.25, 0.3) is 0 Å². The van der Waals surface area contributed by atoms with Crippen molar-refractivity contribution in [2.24, 2.45) is 35.3 Å². The van der Waals surface area contributed by atoms with Gasteiger partial charge in [0.05, 0.1) is 11.7 Å². The molecule has 1 aromatic rings. The van der Waals surface area contributed by atoms with Crippen LogP contribution in [-0.4, -0.2) is 4.98 Å². The van der Waals surface area contributed by atoms with Crippen LogP contribution >= 0.6 is 0 Å². The molecule has 4 aliphatic rings. The highest BCUT2D eigenvalue weighted by molar-refractivity contribution is 5.16. The number of rotatable bonds is 2. The number of nitrogens with zero attached hydrogens (tertiary/aromatic N) is 1. The molecular formula is C17H24N2. The zero-order valence-corrected chi connectivity index (χ0v) is 11.8. The SMILES string of the molecule is Cc1cccc(C(N)C2C3CC4CC(C3)CC2C4)n1. The zero-order valence-electron chi connectivity index (χ0n) is 11.8. The molecule has 2 heteroatoms. The van der Waals surface area contributed by atoms with Gasteiger partial charge in [-0.25, -0.2) is 0 Å². The molecule has 0 saturated heterocycles. The number of aromatic nitrogens is 1. The number of hydrogen-bond donors (Lipinski definition) is 1. The van der Waals surface area contributed by atoms with Gasteiger partial charge in [-0.3, -0.25) is 4.98 Å². The summed E-state index contributed by atoms with van der Waals surface area (Å²) in [7, 11) is 0. The van der Waals surface area contributed by atoms with Gasteiger partial charge in [-0.15, -0.1) is 0 Å². The van der Waals surface area contributed by atoms with Gasteiger partial charge >= 0.3 is 0 Å². The average Bonchev–Trinajstić information content (AvgIpc) is 2.37.